The number of amides is 1. The molecule has 1 amide bonds. The third kappa shape index (κ3) is 4.23. The molecule has 0 aliphatic heterocycles. The van der Waals surface area contributed by atoms with Gasteiger partial charge in [0.15, 0.2) is 0 Å². The van der Waals surface area contributed by atoms with E-state index in [0.29, 0.717) is 6.54 Å². The summed E-state index contributed by atoms with van der Waals surface area (Å²) in [5.74, 6) is 1.86. The van der Waals surface area contributed by atoms with Crippen molar-refractivity contribution in [3.63, 3.8) is 0 Å². The molecule has 0 spiro atoms. The standard InChI is InChI=1S/C13H22N2O2/c1-5-8-14-13(16)11(3)15(4)9-12-7-6-10(2)17-12/h6-7,11H,5,8-9H2,1-4H3,(H,14,16)/t11-/m1/s1. The van der Waals surface area contributed by atoms with E-state index in [1.165, 1.54) is 0 Å². The number of carbonyl (C=O) groups excluding carboxylic acids is 1. The van der Waals surface area contributed by atoms with Crippen LogP contribution in [0.3, 0.4) is 0 Å². The topological polar surface area (TPSA) is 45.5 Å². The van der Waals surface area contributed by atoms with E-state index in [1.54, 1.807) is 0 Å². The summed E-state index contributed by atoms with van der Waals surface area (Å²) in [6.45, 7) is 7.24. The number of carbonyl (C=O) groups is 1. The Morgan fingerprint density at radius 1 is 1.53 bits per heavy atom. The van der Waals surface area contributed by atoms with Gasteiger partial charge in [-0.3, -0.25) is 9.69 Å². The molecule has 4 nitrogen and oxygen atoms in total. The Balaban J connectivity index is 2.46. The van der Waals surface area contributed by atoms with Crippen LogP contribution in [0.4, 0.5) is 0 Å². The molecule has 1 rings (SSSR count). The number of furan rings is 1. The molecule has 0 bridgehead atoms. The maximum atomic E-state index is 11.8. The van der Waals surface area contributed by atoms with Gasteiger partial charge in [-0.2, -0.15) is 0 Å². The zero-order chi connectivity index (χ0) is 12.8. The first-order valence-electron chi connectivity index (χ1n) is 6.07. The van der Waals surface area contributed by atoms with Crippen LogP contribution in [0.1, 0.15) is 31.8 Å². The average Bonchev–Trinajstić information content (AvgIpc) is 2.70. The summed E-state index contributed by atoms with van der Waals surface area (Å²) in [7, 11) is 1.92. The van der Waals surface area contributed by atoms with Crippen LogP contribution in [0.5, 0.6) is 0 Å². The van der Waals surface area contributed by atoms with Crippen LogP contribution < -0.4 is 5.32 Å². The van der Waals surface area contributed by atoms with Crippen molar-refractivity contribution in [1.82, 2.24) is 10.2 Å². The maximum absolute atomic E-state index is 11.8. The van der Waals surface area contributed by atoms with Crippen LogP contribution in [-0.2, 0) is 11.3 Å². The molecule has 17 heavy (non-hydrogen) atoms. The lowest BCUT2D eigenvalue weighted by Gasteiger charge is -2.22. The van der Waals surface area contributed by atoms with Gasteiger partial charge < -0.3 is 9.73 Å². The lowest BCUT2D eigenvalue weighted by atomic mass is 10.2. The first-order valence-corrected chi connectivity index (χ1v) is 6.07. The van der Waals surface area contributed by atoms with E-state index in [0.717, 1.165) is 24.5 Å². The van der Waals surface area contributed by atoms with Gasteiger partial charge in [0, 0.05) is 6.54 Å². The van der Waals surface area contributed by atoms with E-state index >= 15 is 0 Å². The average molecular weight is 238 g/mol. The van der Waals surface area contributed by atoms with E-state index in [4.69, 9.17) is 4.42 Å². The van der Waals surface area contributed by atoms with Gasteiger partial charge in [-0.1, -0.05) is 6.92 Å². The van der Waals surface area contributed by atoms with Crippen molar-refractivity contribution < 1.29 is 9.21 Å². The Bertz CT molecular complexity index is 360. The molecule has 1 aromatic rings. The van der Waals surface area contributed by atoms with Crippen LogP contribution in [0, 0.1) is 6.92 Å². The number of nitrogens with one attached hydrogen (secondary N) is 1. The van der Waals surface area contributed by atoms with Crippen molar-refractivity contribution in [3.05, 3.63) is 23.7 Å². The fourth-order valence-corrected chi connectivity index (χ4v) is 1.55. The van der Waals surface area contributed by atoms with Gasteiger partial charge in [0.2, 0.25) is 5.91 Å². The van der Waals surface area contributed by atoms with Gasteiger partial charge in [0.05, 0.1) is 12.6 Å². The molecule has 0 aromatic carbocycles. The number of likely N-dealkylation sites (N-methyl/N-ethyl adjacent to an activating group) is 1. The quantitative estimate of drug-likeness (QED) is 0.823. The van der Waals surface area contributed by atoms with Crippen LogP contribution >= 0.6 is 0 Å². The van der Waals surface area contributed by atoms with Crippen LogP contribution in [0.2, 0.25) is 0 Å². The smallest absolute Gasteiger partial charge is 0.237 e. The van der Waals surface area contributed by atoms with Crippen molar-refractivity contribution in [3.8, 4) is 0 Å². The minimum Gasteiger partial charge on any atom is -0.465 e. The third-order valence-electron chi connectivity index (χ3n) is 2.79. The molecule has 1 atom stereocenters. The van der Waals surface area contributed by atoms with E-state index in [1.807, 2.05) is 44.9 Å². The molecule has 0 aliphatic carbocycles. The van der Waals surface area contributed by atoms with Gasteiger partial charge in [-0.05, 0) is 39.4 Å². The van der Waals surface area contributed by atoms with Gasteiger partial charge in [0.25, 0.3) is 0 Å². The van der Waals surface area contributed by atoms with Crippen molar-refractivity contribution in [1.29, 1.82) is 0 Å². The van der Waals surface area contributed by atoms with E-state index in [9.17, 15) is 4.79 Å². The maximum Gasteiger partial charge on any atom is 0.237 e. The summed E-state index contributed by atoms with van der Waals surface area (Å²) < 4.78 is 5.49. The second-order valence-electron chi connectivity index (χ2n) is 4.39. The minimum absolute atomic E-state index is 0.0672. The molecule has 1 heterocycles. The minimum atomic E-state index is -0.146. The Hall–Kier alpha value is -1.29. The number of hydrogen-bond donors (Lipinski definition) is 1. The van der Waals surface area contributed by atoms with Gasteiger partial charge in [0.1, 0.15) is 11.5 Å². The fourth-order valence-electron chi connectivity index (χ4n) is 1.55. The Labute approximate surface area is 103 Å². The molecule has 0 saturated carbocycles. The SMILES string of the molecule is CCCNC(=O)[C@@H](C)N(C)Cc1ccc(C)o1. The molecule has 0 fully saturated rings. The van der Waals surface area contributed by atoms with Crippen LogP contribution in [0.25, 0.3) is 0 Å². The van der Waals surface area contributed by atoms with Crippen molar-refractivity contribution in [2.75, 3.05) is 13.6 Å². The summed E-state index contributed by atoms with van der Waals surface area (Å²) in [5, 5.41) is 2.89. The molecule has 1 N–H and O–H groups in total. The number of nitrogens with zero attached hydrogens (tertiary/aromatic N) is 1. The van der Waals surface area contributed by atoms with Crippen molar-refractivity contribution >= 4 is 5.91 Å². The normalized spacial score (nSPS) is 12.8. The largest absolute Gasteiger partial charge is 0.465 e. The van der Waals surface area contributed by atoms with E-state index in [-0.39, 0.29) is 11.9 Å². The number of aryl methyl sites for hydroxylation is 1. The first-order chi connectivity index (χ1) is 8.04. The molecule has 0 saturated heterocycles. The Morgan fingerprint density at radius 3 is 2.76 bits per heavy atom. The van der Waals surface area contributed by atoms with Gasteiger partial charge in [-0.15, -0.1) is 0 Å². The van der Waals surface area contributed by atoms with E-state index in [2.05, 4.69) is 5.32 Å². The molecule has 4 heteroatoms. The zero-order valence-corrected chi connectivity index (χ0v) is 11.1. The molecule has 0 aliphatic rings. The lowest BCUT2D eigenvalue weighted by Crippen LogP contribution is -2.43. The highest BCUT2D eigenvalue weighted by Gasteiger charge is 2.18. The summed E-state index contributed by atoms with van der Waals surface area (Å²) in [6, 6.07) is 3.74. The fraction of sp³-hybridized carbons (Fsp3) is 0.615. The highest BCUT2D eigenvalue weighted by Crippen LogP contribution is 2.10. The second-order valence-corrected chi connectivity index (χ2v) is 4.39. The van der Waals surface area contributed by atoms with Gasteiger partial charge >= 0.3 is 0 Å². The predicted octanol–water partition coefficient (Wildman–Crippen LogP) is 1.93. The molecular formula is C13H22N2O2. The predicted molar refractivity (Wildman–Crippen MR) is 67.7 cm³/mol. The monoisotopic (exact) mass is 238 g/mol. The summed E-state index contributed by atoms with van der Waals surface area (Å²) in [4.78, 5) is 13.7. The summed E-state index contributed by atoms with van der Waals surface area (Å²) >= 11 is 0. The Morgan fingerprint density at radius 2 is 2.24 bits per heavy atom. The molecule has 1 aromatic heterocycles. The first kappa shape index (κ1) is 13.8. The molecule has 0 radical (unpaired) electrons. The summed E-state index contributed by atoms with van der Waals surface area (Å²) in [6.07, 6.45) is 0.958. The third-order valence-corrected chi connectivity index (χ3v) is 2.79. The molecule has 96 valence electrons. The molecule has 0 unspecified atom stereocenters. The van der Waals surface area contributed by atoms with E-state index < -0.39 is 0 Å². The molecular weight excluding hydrogens is 216 g/mol. The number of rotatable bonds is 6. The van der Waals surface area contributed by atoms with Crippen LogP contribution in [0.15, 0.2) is 16.5 Å². The summed E-state index contributed by atoms with van der Waals surface area (Å²) in [5.41, 5.74) is 0. The van der Waals surface area contributed by atoms with Crippen LogP contribution in [-0.4, -0.2) is 30.4 Å². The highest BCUT2D eigenvalue weighted by atomic mass is 16.3. The zero-order valence-electron chi connectivity index (χ0n) is 11.1. The van der Waals surface area contributed by atoms with Gasteiger partial charge in [-0.25, -0.2) is 0 Å². The van der Waals surface area contributed by atoms with Crippen molar-refractivity contribution in [2.24, 2.45) is 0 Å². The number of hydrogen-bond acceptors (Lipinski definition) is 3. The highest BCUT2D eigenvalue weighted by molar-refractivity contribution is 5.81. The lowest BCUT2D eigenvalue weighted by molar-refractivity contribution is -0.125. The van der Waals surface area contributed by atoms with Crippen molar-refractivity contribution in [2.45, 2.75) is 39.8 Å². The second kappa shape index (κ2) is 6.45. The Kier molecular flexibility index (Phi) is 5.22.